The number of hydrazine groups is 1. The highest BCUT2D eigenvalue weighted by molar-refractivity contribution is 7.99. The number of nitrogens with zero attached hydrogens (tertiary/aromatic N) is 1. The maximum Gasteiger partial charge on any atom is 0.344 e. The van der Waals surface area contributed by atoms with Crippen molar-refractivity contribution in [3.8, 4) is 0 Å². The molecule has 0 aliphatic carbocycles. The fourth-order valence-electron chi connectivity index (χ4n) is 3.01. The summed E-state index contributed by atoms with van der Waals surface area (Å²) in [4.78, 5) is 38.3. The standard InChI is InChI=1S/C20H20FN3O3S/c1-2-20(14-6-4-3-5-7-14)18(26)24(19(27)22-20)23-17(25)12-13-28-16-10-8-15(21)9-11-16/h3-11H,2,12-13H2,1H3,(H,22,27)(H,23,25)/t20-/m1/s1. The minimum atomic E-state index is -1.19. The van der Waals surface area contributed by atoms with Gasteiger partial charge in [0.1, 0.15) is 11.4 Å². The van der Waals surface area contributed by atoms with Crippen molar-refractivity contribution >= 4 is 29.6 Å². The Balaban J connectivity index is 1.60. The lowest BCUT2D eigenvalue weighted by Crippen LogP contribution is -2.48. The number of carbonyl (C=O) groups excluding carboxylic acids is 3. The van der Waals surface area contributed by atoms with E-state index in [4.69, 9.17) is 0 Å². The van der Waals surface area contributed by atoms with E-state index in [9.17, 15) is 18.8 Å². The second kappa shape index (κ2) is 8.43. The molecule has 1 aliphatic heterocycles. The molecule has 1 aliphatic rings. The maximum absolute atomic E-state index is 12.9. The van der Waals surface area contributed by atoms with Crippen LogP contribution in [0.1, 0.15) is 25.3 Å². The van der Waals surface area contributed by atoms with Gasteiger partial charge in [0.05, 0.1) is 0 Å². The van der Waals surface area contributed by atoms with Gasteiger partial charge in [-0.3, -0.25) is 15.0 Å². The van der Waals surface area contributed by atoms with Crippen LogP contribution in [0.4, 0.5) is 9.18 Å². The number of nitrogens with one attached hydrogen (secondary N) is 2. The van der Waals surface area contributed by atoms with E-state index in [1.54, 1.807) is 43.3 Å². The molecule has 0 aromatic heterocycles. The Morgan fingerprint density at radius 1 is 1.14 bits per heavy atom. The van der Waals surface area contributed by atoms with Gasteiger partial charge >= 0.3 is 6.03 Å². The Bertz CT molecular complexity index is 876. The summed E-state index contributed by atoms with van der Waals surface area (Å²) in [6.07, 6.45) is 0.456. The van der Waals surface area contributed by atoms with Crippen molar-refractivity contribution in [1.82, 2.24) is 15.8 Å². The van der Waals surface area contributed by atoms with Gasteiger partial charge in [0, 0.05) is 17.1 Å². The van der Waals surface area contributed by atoms with Crippen LogP contribution in [0.25, 0.3) is 0 Å². The molecule has 146 valence electrons. The minimum absolute atomic E-state index is 0.101. The van der Waals surface area contributed by atoms with Gasteiger partial charge in [-0.1, -0.05) is 37.3 Å². The van der Waals surface area contributed by atoms with Gasteiger partial charge < -0.3 is 5.32 Å². The van der Waals surface area contributed by atoms with Crippen LogP contribution in [0.5, 0.6) is 0 Å². The van der Waals surface area contributed by atoms with Gasteiger partial charge in [0.2, 0.25) is 5.91 Å². The number of halogens is 1. The largest absolute Gasteiger partial charge is 0.344 e. The quantitative estimate of drug-likeness (QED) is 0.552. The average Bonchev–Trinajstić information content (AvgIpc) is 2.95. The van der Waals surface area contributed by atoms with Gasteiger partial charge in [0.25, 0.3) is 5.91 Å². The first-order chi connectivity index (χ1) is 13.5. The lowest BCUT2D eigenvalue weighted by Gasteiger charge is -2.25. The third kappa shape index (κ3) is 4.01. The summed E-state index contributed by atoms with van der Waals surface area (Å²) in [6, 6.07) is 14.3. The summed E-state index contributed by atoms with van der Waals surface area (Å²) in [5.74, 6) is -0.846. The first kappa shape index (κ1) is 19.9. The van der Waals surface area contributed by atoms with Crippen molar-refractivity contribution in [3.63, 3.8) is 0 Å². The van der Waals surface area contributed by atoms with Crippen molar-refractivity contribution in [2.24, 2.45) is 0 Å². The van der Waals surface area contributed by atoms with Crippen molar-refractivity contribution < 1.29 is 18.8 Å². The summed E-state index contributed by atoms with van der Waals surface area (Å²) in [7, 11) is 0. The van der Waals surface area contributed by atoms with E-state index in [2.05, 4.69) is 10.7 Å². The molecule has 1 saturated heterocycles. The van der Waals surface area contributed by atoms with Crippen molar-refractivity contribution in [2.75, 3.05) is 5.75 Å². The van der Waals surface area contributed by atoms with E-state index in [0.717, 1.165) is 9.90 Å². The highest BCUT2D eigenvalue weighted by Crippen LogP contribution is 2.31. The van der Waals surface area contributed by atoms with Gasteiger partial charge in [-0.15, -0.1) is 11.8 Å². The average molecular weight is 401 g/mol. The number of amides is 4. The monoisotopic (exact) mass is 401 g/mol. The summed E-state index contributed by atoms with van der Waals surface area (Å²) in [5, 5.41) is 3.46. The van der Waals surface area contributed by atoms with Crippen LogP contribution < -0.4 is 10.7 Å². The maximum atomic E-state index is 12.9. The molecule has 2 N–H and O–H groups in total. The second-order valence-electron chi connectivity index (χ2n) is 6.28. The third-order valence-electron chi connectivity index (χ3n) is 4.54. The molecule has 0 saturated carbocycles. The number of carbonyl (C=O) groups is 3. The molecule has 28 heavy (non-hydrogen) atoms. The van der Waals surface area contributed by atoms with Crippen LogP contribution in [0.15, 0.2) is 59.5 Å². The number of rotatable bonds is 7. The Labute approximate surface area is 166 Å². The highest BCUT2D eigenvalue weighted by atomic mass is 32.2. The molecule has 2 aromatic rings. The lowest BCUT2D eigenvalue weighted by atomic mass is 9.87. The van der Waals surface area contributed by atoms with Crippen molar-refractivity contribution in [1.29, 1.82) is 0 Å². The molecule has 0 spiro atoms. The molecule has 0 radical (unpaired) electrons. The summed E-state index contributed by atoms with van der Waals surface area (Å²) in [6.45, 7) is 1.80. The number of hydrogen-bond donors (Lipinski definition) is 2. The summed E-state index contributed by atoms with van der Waals surface area (Å²) < 4.78 is 12.9. The van der Waals surface area contributed by atoms with E-state index in [0.29, 0.717) is 17.7 Å². The number of hydrogen-bond acceptors (Lipinski definition) is 4. The molecule has 0 bridgehead atoms. The van der Waals surface area contributed by atoms with Gasteiger partial charge in [-0.05, 0) is 36.2 Å². The predicted molar refractivity (Wildman–Crippen MR) is 104 cm³/mol. The van der Waals surface area contributed by atoms with Crippen LogP contribution in [0.3, 0.4) is 0 Å². The molecule has 1 atom stereocenters. The Morgan fingerprint density at radius 2 is 1.82 bits per heavy atom. The molecule has 8 heteroatoms. The van der Waals surface area contributed by atoms with E-state index >= 15 is 0 Å². The Hall–Kier alpha value is -2.87. The predicted octanol–water partition coefficient (Wildman–Crippen LogP) is 3.20. The van der Waals surface area contributed by atoms with Gasteiger partial charge in [0.15, 0.2) is 0 Å². The van der Waals surface area contributed by atoms with E-state index in [-0.39, 0.29) is 12.2 Å². The molecular formula is C20H20FN3O3S. The smallest absolute Gasteiger partial charge is 0.318 e. The van der Waals surface area contributed by atoms with Crippen LogP contribution in [0.2, 0.25) is 0 Å². The lowest BCUT2D eigenvalue weighted by molar-refractivity contribution is -0.139. The van der Waals surface area contributed by atoms with Crippen molar-refractivity contribution in [2.45, 2.75) is 30.2 Å². The number of imide groups is 1. The molecule has 4 amide bonds. The van der Waals surface area contributed by atoms with Crippen LogP contribution in [0, 0.1) is 5.82 Å². The zero-order valence-electron chi connectivity index (χ0n) is 15.3. The normalized spacial score (nSPS) is 18.9. The number of thioether (sulfide) groups is 1. The number of urea groups is 1. The topological polar surface area (TPSA) is 78.5 Å². The van der Waals surface area contributed by atoms with Crippen molar-refractivity contribution in [3.05, 3.63) is 66.0 Å². The molecule has 1 fully saturated rings. The fourth-order valence-corrected chi connectivity index (χ4v) is 3.86. The third-order valence-corrected chi connectivity index (χ3v) is 5.55. The summed E-state index contributed by atoms with van der Waals surface area (Å²) in [5.41, 5.74) is 1.87. The minimum Gasteiger partial charge on any atom is -0.318 e. The van der Waals surface area contributed by atoms with E-state index in [1.165, 1.54) is 23.9 Å². The SMILES string of the molecule is CC[C@]1(c2ccccc2)NC(=O)N(NC(=O)CCSc2ccc(F)cc2)C1=O. The molecule has 2 aromatic carbocycles. The molecule has 1 heterocycles. The van der Waals surface area contributed by atoms with Crippen LogP contribution in [-0.2, 0) is 15.1 Å². The van der Waals surface area contributed by atoms with Crippen LogP contribution >= 0.6 is 11.8 Å². The Kier molecular flexibility index (Phi) is 5.99. The number of benzene rings is 2. The fraction of sp³-hybridized carbons (Fsp3) is 0.250. The Morgan fingerprint density at radius 3 is 2.46 bits per heavy atom. The molecular weight excluding hydrogens is 381 g/mol. The van der Waals surface area contributed by atoms with E-state index in [1.807, 2.05) is 6.07 Å². The van der Waals surface area contributed by atoms with E-state index < -0.39 is 23.4 Å². The first-order valence-electron chi connectivity index (χ1n) is 8.86. The van der Waals surface area contributed by atoms with Gasteiger partial charge in [-0.2, -0.15) is 5.01 Å². The highest BCUT2D eigenvalue weighted by Gasteiger charge is 2.52. The zero-order chi connectivity index (χ0) is 20.1. The van der Waals surface area contributed by atoms with Gasteiger partial charge in [-0.25, -0.2) is 9.18 Å². The molecule has 6 nitrogen and oxygen atoms in total. The second-order valence-corrected chi connectivity index (χ2v) is 7.45. The molecule has 3 rings (SSSR count). The summed E-state index contributed by atoms with van der Waals surface area (Å²) >= 11 is 1.39. The molecule has 0 unspecified atom stereocenters. The first-order valence-corrected chi connectivity index (χ1v) is 9.85. The van der Waals surface area contributed by atoms with Crippen LogP contribution in [-0.4, -0.2) is 28.6 Å². The zero-order valence-corrected chi connectivity index (χ0v) is 16.1.